The summed E-state index contributed by atoms with van der Waals surface area (Å²) in [4.78, 5) is 4.85. The lowest BCUT2D eigenvalue weighted by atomic mass is 10.0. The highest BCUT2D eigenvalue weighted by Crippen LogP contribution is 2.39. The second kappa shape index (κ2) is 5.11. The summed E-state index contributed by atoms with van der Waals surface area (Å²) in [5, 5.41) is 22.1. The first kappa shape index (κ1) is 16.0. The van der Waals surface area contributed by atoms with Crippen molar-refractivity contribution in [3.63, 3.8) is 0 Å². The van der Waals surface area contributed by atoms with E-state index < -0.39 is 16.2 Å². The predicted octanol–water partition coefficient (Wildman–Crippen LogP) is 0.862. The highest BCUT2D eigenvalue weighted by atomic mass is 32.3. The quantitative estimate of drug-likeness (QED) is 0.703. The number of phenolic OH excluding ortho intramolecular Hbond substituents is 2. The summed E-state index contributed by atoms with van der Waals surface area (Å²) in [5.74, 6) is -2.37. The van der Waals surface area contributed by atoms with Crippen molar-refractivity contribution in [2.45, 2.75) is 32.1 Å². The molecule has 8 nitrogen and oxygen atoms in total. The number of nitrogens with one attached hydrogen (secondary N) is 1. The molecule has 1 saturated heterocycles. The van der Waals surface area contributed by atoms with Crippen LogP contribution in [-0.2, 0) is 29.6 Å². The van der Waals surface area contributed by atoms with Crippen LogP contribution in [0.15, 0.2) is 18.2 Å². The SMILES string of the molecule is CC(C)(C)NCC1(c2cc(O)cc(O)c2)OOS(=O)(=O)O1. The number of hydrogen-bond acceptors (Lipinski definition) is 8. The third-order valence-corrected chi connectivity index (χ3v) is 3.39. The zero-order valence-corrected chi connectivity index (χ0v) is 12.6. The van der Waals surface area contributed by atoms with Gasteiger partial charge in [-0.3, -0.25) is 0 Å². The van der Waals surface area contributed by atoms with Gasteiger partial charge in [0.25, 0.3) is 5.79 Å². The van der Waals surface area contributed by atoms with Gasteiger partial charge in [0, 0.05) is 17.2 Å². The Morgan fingerprint density at radius 1 is 1.19 bits per heavy atom. The van der Waals surface area contributed by atoms with Gasteiger partial charge < -0.3 is 15.5 Å². The molecular formula is C12H17NO7S. The van der Waals surface area contributed by atoms with Crippen LogP contribution >= 0.6 is 0 Å². The fraction of sp³-hybridized carbons (Fsp3) is 0.500. The molecule has 1 fully saturated rings. The lowest BCUT2D eigenvalue weighted by Crippen LogP contribution is -2.46. The first-order valence-electron chi connectivity index (χ1n) is 6.13. The summed E-state index contributed by atoms with van der Waals surface area (Å²) >= 11 is 0. The van der Waals surface area contributed by atoms with E-state index in [1.165, 1.54) is 12.1 Å². The van der Waals surface area contributed by atoms with Crippen molar-refractivity contribution >= 4 is 10.4 Å². The van der Waals surface area contributed by atoms with Gasteiger partial charge in [0.15, 0.2) is 0 Å². The van der Waals surface area contributed by atoms with Crippen molar-refractivity contribution in [1.82, 2.24) is 5.32 Å². The third kappa shape index (κ3) is 3.83. The van der Waals surface area contributed by atoms with Gasteiger partial charge in [-0.1, -0.05) is 4.33 Å². The van der Waals surface area contributed by atoms with Crippen LogP contribution in [0.1, 0.15) is 26.3 Å². The largest absolute Gasteiger partial charge is 0.508 e. The molecule has 0 saturated carbocycles. The van der Waals surface area contributed by atoms with Crippen LogP contribution < -0.4 is 5.32 Å². The fourth-order valence-corrected chi connectivity index (χ4v) is 2.48. The van der Waals surface area contributed by atoms with Crippen molar-refractivity contribution < 1.29 is 32.0 Å². The van der Waals surface area contributed by atoms with E-state index in [1.807, 2.05) is 20.8 Å². The Kier molecular flexibility index (Phi) is 3.89. The first-order chi connectivity index (χ1) is 9.51. The Morgan fingerprint density at radius 2 is 1.76 bits per heavy atom. The molecule has 0 bridgehead atoms. The maximum atomic E-state index is 11.4. The lowest BCUT2D eigenvalue weighted by Gasteiger charge is -2.29. The summed E-state index contributed by atoms with van der Waals surface area (Å²) in [6, 6.07) is 3.53. The Hall–Kier alpha value is -1.39. The summed E-state index contributed by atoms with van der Waals surface area (Å²) < 4.78 is 31.9. The van der Waals surface area contributed by atoms with Crippen LogP contribution in [0.3, 0.4) is 0 Å². The number of aromatic hydroxyl groups is 2. The van der Waals surface area contributed by atoms with Gasteiger partial charge in [0.2, 0.25) is 0 Å². The van der Waals surface area contributed by atoms with E-state index in [2.05, 4.69) is 9.65 Å². The van der Waals surface area contributed by atoms with Crippen molar-refractivity contribution in [3.05, 3.63) is 23.8 Å². The van der Waals surface area contributed by atoms with Crippen molar-refractivity contribution in [3.8, 4) is 11.5 Å². The van der Waals surface area contributed by atoms with E-state index in [4.69, 9.17) is 9.07 Å². The lowest BCUT2D eigenvalue weighted by molar-refractivity contribution is -0.312. The van der Waals surface area contributed by atoms with Gasteiger partial charge in [-0.25, -0.2) is 4.18 Å². The monoisotopic (exact) mass is 319 g/mol. The van der Waals surface area contributed by atoms with Crippen LogP contribution in [0.5, 0.6) is 11.5 Å². The van der Waals surface area contributed by atoms with Crippen LogP contribution in [-0.4, -0.2) is 30.7 Å². The van der Waals surface area contributed by atoms with Gasteiger partial charge in [-0.15, -0.1) is 0 Å². The Bertz CT molecular complexity index is 617. The predicted molar refractivity (Wildman–Crippen MR) is 71.4 cm³/mol. The van der Waals surface area contributed by atoms with Gasteiger partial charge in [0.1, 0.15) is 11.5 Å². The van der Waals surface area contributed by atoms with E-state index in [-0.39, 0.29) is 29.1 Å². The molecular weight excluding hydrogens is 302 g/mol. The normalized spacial score (nSPS) is 25.1. The van der Waals surface area contributed by atoms with Gasteiger partial charge in [0.05, 0.1) is 6.54 Å². The smallest absolute Gasteiger partial charge is 0.429 e. The fourth-order valence-electron chi connectivity index (χ4n) is 1.74. The highest BCUT2D eigenvalue weighted by molar-refractivity contribution is 7.81. The minimum absolute atomic E-state index is 0.0847. The summed E-state index contributed by atoms with van der Waals surface area (Å²) in [7, 11) is -4.32. The Morgan fingerprint density at radius 3 is 2.19 bits per heavy atom. The summed E-state index contributed by atoms with van der Waals surface area (Å²) in [6.45, 7) is 5.51. The molecule has 1 aliphatic heterocycles. The van der Waals surface area contributed by atoms with Crippen molar-refractivity contribution in [2.24, 2.45) is 0 Å². The highest BCUT2D eigenvalue weighted by Gasteiger charge is 2.50. The number of phenols is 2. The zero-order valence-electron chi connectivity index (χ0n) is 11.8. The van der Waals surface area contributed by atoms with E-state index in [9.17, 15) is 18.6 Å². The first-order valence-corrected chi connectivity index (χ1v) is 7.46. The molecule has 1 aromatic rings. The Labute approximate surface area is 122 Å². The molecule has 0 spiro atoms. The summed E-state index contributed by atoms with van der Waals surface area (Å²) in [5.41, 5.74) is -0.261. The molecule has 118 valence electrons. The minimum atomic E-state index is -4.32. The van der Waals surface area contributed by atoms with Crippen LogP contribution in [0.25, 0.3) is 0 Å². The average molecular weight is 319 g/mol. The maximum Gasteiger partial charge on any atom is 0.429 e. The number of benzene rings is 1. The van der Waals surface area contributed by atoms with Crippen LogP contribution in [0.4, 0.5) is 0 Å². The molecule has 3 N–H and O–H groups in total. The van der Waals surface area contributed by atoms with E-state index in [0.29, 0.717) is 0 Å². The summed E-state index contributed by atoms with van der Waals surface area (Å²) in [6.07, 6.45) is 0. The van der Waals surface area contributed by atoms with E-state index in [1.54, 1.807) is 0 Å². The zero-order chi connectivity index (χ0) is 15.9. The number of rotatable bonds is 3. The molecule has 0 amide bonds. The molecule has 1 aromatic carbocycles. The number of hydrogen-bond donors (Lipinski definition) is 3. The van der Waals surface area contributed by atoms with Crippen LogP contribution in [0, 0.1) is 0 Å². The van der Waals surface area contributed by atoms with Crippen molar-refractivity contribution in [1.29, 1.82) is 0 Å². The van der Waals surface area contributed by atoms with Gasteiger partial charge in [-0.05, 0) is 32.9 Å². The molecule has 1 heterocycles. The molecule has 0 radical (unpaired) electrons. The molecule has 0 aliphatic carbocycles. The molecule has 1 unspecified atom stereocenters. The molecule has 9 heteroatoms. The average Bonchev–Trinajstić information content (AvgIpc) is 2.62. The van der Waals surface area contributed by atoms with Crippen LogP contribution in [0.2, 0.25) is 0 Å². The molecule has 1 atom stereocenters. The molecule has 2 rings (SSSR count). The minimum Gasteiger partial charge on any atom is -0.508 e. The van der Waals surface area contributed by atoms with E-state index in [0.717, 1.165) is 6.07 Å². The standard InChI is InChI=1S/C12H17NO7S/c1-11(2,3)13-7-12(18-20-21(16,17)19-12)8-4-9(14)6-10(15)5-8/h4-6,13-15H,7H2,1-3H3. The second-order valence-electron chi connectivity index (χ2n) is 5.74. The third-order valence-electron chi connectivity index (χ3n) is 2.68. The van der Waals surface area contributed by atoms with Gasteiger partial charge in [-0.2, -0.15) is 13.3 Å². The van der Waals surface area contributed by atoms with Gasteiger partial charge >= 0.3 is 10.4 Å². The molecule has 1 aliphatic rings. The van der Waals surface area contributed by atoms with E-state index >= 15 is 0 Å². The Balaban J connectivity index is 2.41. The molecule has 0 aromatic heterocycles. The maximum absolute atomic E-state index is 11.4. The molecule has 21 heavy (non-hydrogen) atoms. The van der Waals surface area contributed by atoms with Crippen molar-refractivity contribution in [2.75, 3.05) is 6.54 Å². The second-order valence-corrected chi connectivity index (χ2v) is 6.86. The topological polar surface area (TPSA) is 114 Å².